The zero-order valence-electron chi connectivity index (χ0n) is 18.0. The minimum absolute atomic E-state index is 0.0778. The molecule has 0 radical (unpaired) electrons. The van der Waals surface area contributed by atoms with Crippen molar-refractivity contribution in [2.45, 2.75) is 46.2 Å². The van der Waals surface area contributed by atoms with Crippen molar-refractivity contribution in [3.8, 4) is 17.2 Å². The Morgan fingerprint density at radius 1 is 1.03 bits per heavy atom. The number of nitrogens with zero attached hydrogens (tertiary/aromatic N) is 1. The molecule has 1 saturated heterocycles. The van der Waals surface area contributed by atoms with Crippen LogP contribution in [0.2, 0.25) is 0 Å². The Bertz CT molecular complexity index is 771. The van der Waals surface area contributed by atoms with Crippen LogP contribution in [0.25, 0.3) is 0 Å². The summed E-state index contributed by atoms with van der Waals surface area (Å²) in [6.45, 7) is 8.78. The predicted octanol–water partition coefficient (Wildman–Crippen LogP) is 4.30. The molecule has 3 rings (SSSR count). The van der Waals surface area contributed by atoms with E-state index in [-0.39, 0.29) is 11.9 Å². The van der Waals surface area contributed by atoms with Crippen LogP contribution in [0.1, 0.15) is 49.7 Å². The van der Waals surface area contributed by atoms with Crippen LogP contribution in [0, 0.1) is 0 Å². The lowest BCUT2D eigenvalue weighted by Gasteiger charge is -2.34. The molecule has 0 unspecified atom stereocenters. The van der Waals surface area contributed by atoms with E-state index in [0.717, 1.165) is 18.6 Å². The molecule has 30 heavy (non-hydrogen) atoms. The van der Waals surface area contributed by atoms with E-state index in [9.17, 15) is 4.79 Å². The highest BCUT2D eigenvalue weighted by atomic mass is 16.5. The van der Waals surface area contributed by atoms with Gasteiger partial charge in [0, 0.05) is 24.8 Å². The number of benzene rings is 1. The molecule has 2 heterocycles. The van der Waals surface area contributed by atoms with Crippen molar-refractivity contribution < 1.29 is 28.2 Å². The minimum atomic E-state index is -0.0942. The molecule has 0 aliphatic carbocycles. The van der Waals surface area contributed by atoms with Gasteiger partial charge < -0.3 is 28.3 Å². The van der Waals surface area contributed by atoms with Gasteiger partial charge in [0.2, 0.25) is 5.75 Å². The van der Waals surface area contributed by atoms with Gasteiger partial charge in [-0.25, -0.2) is 0 Å². The van der Waals surface area contributed by atoms with Crippen LogP contribution < -0.4 is 14.2 Å². The van der Waals surface area contributed by atoms with Crippen molar-refractivity contribution in [1.29, 1.82) is 0 Å². The van der Waals surface area contributed by atoms with Crippen LogP contribution in [0.3, 0.4) is 0 Å². The van der Waals surface area contributed by atoms with E-state index in [2.05, 4.69) is 0 Å². The molecule has 1 fully saturated rings. The van der Waals surface area contributed by atoms with Crippen LogP contribution in [0.5, 0.6) is 17.2 Å². The highest BCUT2D eigenvalue weighted by molar-refractivity contribution is 5.96. The van der Waals surface area contributed by atoms with Gasteiger partial charge in [-0.3, -0.25) is 4.79 Å². The van der Waals surface area contributed by atoms with Gasteiger partial charge in [0.25, 0.3) is 5.91 Å². The zero-order chi connectivity index (χ0) is 21.3. The molecule has 0 spiro atoms. The van der Waals surface area contributed by atoms with Crippen molar-refractivity contribution in [3.63, 3.8) is 0 Å². The highest BCUT2D eigenvalue weighted by Gasteiger charge is 2.29. The number of hydrogen-bond donors (Lipinski definition) is 0. The van der Waals surface area contributed by atoms with Crippen molar-refractivity contribution in [1.82, 2.24) is 4.90 Å². The zero-order valence-corrected chi connectivity index (χ0v) is 18.0. The van der Waals surface area contributed by atoms with Crippen LogP contribution in [-0.2, 0) is 11.3 Å². The molecular weight excluding hydrogens is 386 g/mol. The summed E-state index contributed by atoms with van der Waals surface area (Å²) in [4.78, 5) is 15.5. The first-order chi connectivity index (χ1) is 14.7. The summed E-state index contributed by atoms with van der Waals surface area (Å²) in [5.41, 5.74) is 0.503. The lowest BCUT2D eigenvalue weighted by molar-refractivity contribution is 0.0249. The molecule has 1 amide bonds. The summed E-state index contributed by atoms with van der Waals surface area (Å²) >= 11 is 0. The third-order valence-electron chi connectivity index (χ3n) is 4.95. The van der Waals surface area contributed by atoms with E-state index < -0.39 is 0 Å². The summed E-state index contributed by atoms with van der Waals surface area (Å²) in [6, 6.07) is 7.28. The van der Waals surface area contributed by atoms with Gasteiger partial charge in [0.05, 0.1) is 32.6 Å². The van der Waals surface area contributed by atoms with Crippen LogP contribution >= 0.6 is 0 Å². The number of furan rings is 1. The fraction of sp³-hybridized carbons (Fsp3) is 0.522. The Morgan fingerprint density at radius 2 is 1.67 bits per heavy atom. The Hall–Kier alpha value is -2.67. The first-order valence-electron chi connectivity index (χ1n) is 10.6. The quantitative estimate of drug-likeness (QED) is 0.574. The molecule has 1 aliphatic rings. The van der Waals surface area contributed by atoms with Gasteiger partial charge >= 0.3 is 0 Å². The van der Waals surface area contributed by atoms with Gasteiger partial charge in [-0.2, -0.15) is 0 Å². The summed E-state index contributed by atoms with van der Waals surface area (Å²) in [5, 5.41) is 0. The molecule has 0 bridgehead atoms. The number of ether oxygens (including phenoxy) is 4. The lowest BCUT2D eigenvalue weighted by atomic mass is 10.0. The van der Waals surface area contributed by atoms with Crippen molar-refractivity contribution >= 4 is 5.91 Å². The summed E-state index contributed by atoms with van der Waals surface area (Å²) in [6.07, 6.45) is 3.21. The number of carbonyl (C=O) groups is 1. The van der Waals surface area contributed by atoms with E-state index in [4.69, 9.17) is 23.4 Å². The number of hydrogen-bond acceptors (Lipinski definition) is 6. The van der Waals surface area contributed by atoms with Gasteiger partial charge in [0.15, 0.2) is 11.5 Å². The molecular formula is C23H31NO6. The summed E-state index contributed by atoms with van der Waals surface area (Å²) < 4.78 is 28.4. The predicted molar refractivity (Wildman–Crippen MR) is 112 cm³/mol. The summed E-state index contributed by atoms with van der Waals surface area (Å²) in [5.74, 6) is 2.21. The van der Waals surface area contributed by atoms with E-state index in [1.54, 1.807) is 18.4 Å². The van der Waals surface area contributed by atoms with Crippen LogP contribution in [0.4, 0.5) is 0 Å². The SMILES string of the molecule is CCOc1cc(C(=O)N(Cc2ccco2)C2CCOCC2)cc(OCC)c1OCC. The van der Waals surface area contributed by atoms with Crippen molar-refractivity contribution in [2.75, 3.05) is 33.0 Å². The second-order valence-corrected chi connectivity index (χ2v) is 6.96. The molecule has 164 valence electrons. The van der Waals surface area contributed by atoms with Crippen molar-refractivity contribution in [3.05, 3.63) is 41.9 Å². The number of carbonyl (C=O) groups excluding carboxylic acids is 1. The van der Waals surface area contributed by atoms with E-state index in [0.29, 0.717) is 62.4 Å². The van der Waals surface area contributed by atoms with E-state index in [1.807, 2.05) is 37.8 Å². The maximum Gasteiger partial charge on any atom is 0.254 e. The smallest absolute Gasteiger partial charge is 0.254 e. The van der Waals surface area contributed by atoms with E-state index in [1.165, 1.54) is 0 Å². The van der Waals surface area contributed by atoms with Crippen LogP contribution in [-0.4, -0.2) is 49.9 Å². The topological polar surface area (TPSA) is 70.4 Å². The van der Waals surface area contributed by atoms with Crippen LogP contribution in [0.15, 0.2) is 34.9 Å². The second-order valence-electron chi connectivity index (χ2n) is 6.96. The average molecular weight is 418 g/mol. The Labute approximate surface area is 177 Å². The molecule has 7 nitrogen and oxygen atoms in total. The normalized spacial score (nSPS) is 14.4. The largest absolute Gasteiger partial charge is 0.490 e. The van der Waals surface area contributed by atoms with Gasteiger partial charge in [-0.1, -0.05) is 0 Å². The standard InChI is InChI=1S/C23H31NO6/c1-4-27-20-14-17(15-21(28-5-2)22(20)29-6-3)23(25)24(16-19-8-7-11-30-19)18-9-12-26-13-10-18/h7-8,11,14-15,18H,4-6,9-10,12-13,16H2,1-3H3. The lowest BCUT2D eigenvalue weighted by Crippen LogP contribution is -2.43. The molecule has 1 aromatic carbocycles. The fourth-order valence-electron chi connectivity index (χ4n) is 3.61. The number of rotatable bonds is 10. The Morgan fingerprint density at radius 3 is 2.20 bits per heavy atom. The average Bonchev–Trinajstić information content (AvgIpc) is 3.28. The van der Waals surface area contributed by atoms with E-state index >= 15 is 0 Å². The first kappa shape index (κ1) is 22.0. The minimum Gasteiger partial charge on any atom is -0.490 e. The fourth-order valence-corrected chi connectivity index (χ4v) is 3.61. The molecule has 0 saturated carbocycles. The van der Waals surface area contributed by atoms with Gasteiger partial charge in [-0.15, -0.1) is 0 Å². The molecule has 7 heteroatoms. The van der Waals surface area contributed by atoms with Gasteiger partial charge in [-0.05, 0) is 57.9 Å². The molecule has 0 atom stereocenters. The Balaban J connectivity index is 1.97. The molecule has 1 aromatic heterocycles. The molecule has 0 N–H and O–H groups in total. The third-order valence-corrected chi connectivity index (χ3v) is 4.95. The monoisotopic (exact) mass is 417 g/mol. The van der Waals surface area contributed by atoms with Gasteiger partial charge in [0.1, 0.15) is 5.76 Å². The Kier molecular flexibility index (Phi) is 8.02. The number of amides is 1. The maximum absolute atomic E-state index is 13.6. The summed E-state index contributed by atoms with van der Waals surface area (Å²) in [7, 11) is 0. The van der Waals surface area contributed by atoms with Crippen molar-refractivity contribution in [2.24, 2.45) is 0 Å². The first-order valence-corrected chi connectivity index (χ1v) is 10.6. The second kappa shape index (κ2) is 10.9. The highest BCUT2D eigenvalue weighted by Crippen LogP contribution is 2.39. The maximum atomic E-state index is 13.6. The molecule has 1 aliphatic heterocycles. The third kappa shape index (κ3) is 5.27. The molecule has 2 aromatic rings.